The van der Waals surface area contributed by atoms with E-state index in [-0.39, 0.29) is 36.7 Å². The number of fused-ring (bicyclic) bond motifs is 3. The van der Waals surface area contributed by atoms with Crippen molar-refractivity contribution in [3.63, 3.8) is 0 Å². The molecule has 0 bridgehead atoms. The van der Waals surface area contributed by atoms with Crippen LogP contribution in [0.3, 0.4) is 0 Å². The molecule has 1 fully saturated rings. The number of rotatable bonds is 0. The zero-order chi connectivity index (χ0) is 13.8. The van der Waals surface area contributed by atoms with Crippen molar-refractivity contribution in [1.29, 1.82) is 0 Å². The molecule has 0 unspecified atom stereocenters. The fraction of sp³-hybridized carbons (Fsp3) is 0.500. The molecule has 2 aliphatic rings. The molecular formula is C12H11ClF5NO. The predicted octanol–water partition coefficient (Wildman–Crippen LogP) is 3.40. The van der Waals surface area contributed by atoms with E-state index in [1.807, 2.05) is 0 Å². The van der Waals surface area contributed by atoms with Crippen molar-refractivity contribution in [3.8, 4) is 5.75 Å². The Morgan fingerprint density at radius 3 is 2.60 bits per heavy atom. The molecule has 3 atom stereocenters. The van der Waals surface area contributed by atoms with Crippen LogP contribution < -0.4 is 10.1 Å². The number of halogens is 6. The Bertz CT molecular complexity index is 521. The lowest BCUT2D eigenvalue weighted by molar-refractivity contribution is -0.137. The highest BCUT2D eigenvalue weighted by Gasteiger charge is 2.43. The van der Waals surface area contributed by atoms with Gasteiger partial charge in [0.05, 0.1) is 17.2 Å². The van der Waals surface area contributed by atoms with E-state index in [0.29, 0.717) is 6.07 Å². The molecule has 0 saturated carbocycles. The first-order valence-corrected chi connectivity index (χ1v) is 5.81. The van der Waals surface area contributed by atoms with Gasteiger partial charge in [-0.2, -0.15) is 13.2 Å². The first-order chi connectivity index (χ1) is 8.86. The molecule has 1 aromatic carbocycles. The van der Waals surface area contributed by atoms with Gasteiger partial charge in [-0.25, -0.2) is 8.78 Å². The summed E-state index contributed by atoms with van der Waals surface area (Å²) in [4.78, 5) is 0. The normalized spacial score (nSPS) is 28.1. The number of ether oxygens (including phenoxy) is 1. The Labute approximate surface area is 117 Å². The van der Waals surface area contributed by atoms with E-state index in [2.05, 4.69) is 5.32 Å². The van der Waals surface area contributed by atoms with E-state index in [0.717, 1.165) is 6.07 Å². The average molecular weight is 316 g/mol. The Hall–Kier alpha value is -1.08. The second-order valence-electron chi connectivity index (χ2n) is 4.74. The summed E-state index contributed by atoms with van der Waals surface area (Å²) in [5, 5.41) is 2.76. The molecule has 3 rings (SSSR count). The van der Waals surface area contributed by atoms with Crippen LogP contribution in [0.4, 0.5) is 22.0 Å². The van der Waals surface area contributed by atoms with E-state index in [4.69, 9.17) is 4.74 Å². The topological polar surface area (TPSA) is 21.3 Å². The van der Waals surface area contributed by atoms with Crippen molar-refractivity contribution in [2.75, 3.05) is 6.54 Å². The third-order valence-electron chi connectivity index (χ3n) is 3.43. The van der Waals surface area contributed by atoms with Gasteiger partial charge >= 0.3 is 6.18 Å². The maximum absolute atomic E-state index is 13.8. The van der Waals surface area contributed by atoms with Crippen molar-refractivity contribution in [2.24, 2.45) is 0 Å². The van der Waals surface area contributed by atoms with Crippen LogP contribution in [0.5, 0.6) is 5.75 Å². The molecular weight excluding hydrogens is 305 g/mol. The van der Waals surface area contributed by atoms with Gasteiger partial charge in [0.1, 0.15) is 23.8 Å². The molecule has 2 heterocycles. The summed E-state index contributed by atoms with van der Waals surface area (Å²) in [7, 11) is 0. The molecule has 2 nitrogen and oxygen atoms in total. The van der Waals surface area contributed by atoms with Crippen LogP contribution >= 0.6 is 12.4 Å². The maximum Gasteiger partial charge on any atom is 0.416 e. The van der Waals surface area contributed by atoms with Crippen LogP contribution in [0.25, 0.3) is 0 Å². The minimum atomic E-state index is -4.64. The van der Waals surface area contributed by atoms with Crippen molar-refractivity contribution >= 4 is 12.4 Å². The number of hydrogen-bond donors (Lipinski definition) is 1. The van der Waals surface area contributed by atoms with Gasteiger partial charge in [-0.15, -0.1) is 12.4 Å². The number of alkyl halides is 4. The van der Waals surface area contributed by atoms with Crippen molar-refractivity contribution in [2.45, 2.75) is 30.9 Å². The highest BCUT2D eigenvalue weighted by Crippen LogP contribution is 2.44. The van der Waals surface area contributed by atoms with E-state index in [1.54, 1.807) is 0 Å². The third-order valence-corrected chi connectivity index (χ3v) is 3.43. The van der Waals surface area contributed by atoms with Crippen LogP contribution in [-0.2, 0) is 6.18 Å². The summed E-state index contributed by atoms with van der Waals surface area (Å²) in [5.41, 5.74) is -1.04. The minimum absolute atomic E-state index is 0. The van der Waals surface area contributed by atoms with Gasteiger partial charge < -0.3 is 10.1 Å². The number of hydrogen-bond acceptors (Lipinski definition) is 2. The molecule has 1 aromatic rings. The lowest BCUT2D eigenvalue weighted by atomic mass is 9.95. The van der Waals surface area contributed by atoms with Gasteiger partial charge in [0.2, 0.25) is 0 Å². The van der Waals surface area contributed by atoms with Crippen molar-refractivity contribution < 1.29 is 26.7 Å². The van der Waals surface area contributed by atoms with Gasteiger partial charge in [-0.05, 0) is 12.1 Å². The zero-order valence-electron chi connectivity index (χ0n) is 10.0. The fourth-order valence-electron chi connectivity index (χ4n) is 2.58. The smallest absolute Gasteiger partial charge is 0.416 e. The SMILES string of the molecule is Cl.Fc1cc(C(F)(F)F)cc2c1[C@@H]1NC[C@@H](F)C[C@@H]1O2. The molecule has 1 saturated heterocycles. The lowest BCUT2D eigenvalue weighted by Gasteiger charge is -2.28. The summed E-state index contributed by atoms with van der Waals surface area (Å²) in [6, 6.07) is 0.642. The molecule has 0 amide bonds. The Morgan fingerprint density at radius 2 is 1.95 bits per heavy atom. The van der Waals surface area contributed by atoms with E-state index in [9.17, 15) is 22.0 Å². The molecule has 112 valence electrons. The molecule has 20 heavy (non-hydrogen) atoms. The van der Waals surface area contributed by atoms with Gasteiger partial charge in [-0.3, -0.25) is 0 Å². The van der Waals surface area contributed by atoms with Gasteiger partial charge in [0.15, 0.2) is 0 Å². The standard InChI is InChI=1S/C12H10F5NO.ClH/c13-6-3-9-11(18-4-6)10-7(14)1-5(12(15,16)17)2-8(10)19-9;/h1-2,6,9,11,18H,3-4H2;1H/t6-,9-,11+;/m0./s1. The Morgan fingerprint density at radius 1 is 1.25 bits per heavy atom. The van der Waals surface area contributed by atoms with Crippen LogP contribution in [0.2, 0.25) is 0 Å². The highest BCUT2D eigenvalue weighted by molar-refractivity contribution is 5.85. The third kappa shape index (κ3) is 2.44. The number of nitrogens with one attached hydrogen (secondary N) is 1. The van der Waals surface area contributed by atoms with Crippen LogP contribution in [-0.4, -0.2) is 18.8 Å². The Balaban J connectivity index is 0.00000147. The summed E-state index contributed by atoms with van der Waals surface area (Å²) < 4.78 is 70.0. The average Bonchev–Trinajstić information content (AvgIpc) is 2.65. The zero-order valence-corrected chi connectivity index (χ0v) is 10.8. The van der Waals surface area contributed by atoms with E-state index < -0.39 is 35.9 Å². The molecule has 0 radical (unpaired) electrons. The maximum atomic E-state index is 13.8. The second-order valence-corrected chi connectivity index (χ2v) is 4.74. The highest BCUT2D eigenvalue weighted by atomic mass is 35.5. The van der Waals surface area contributed by atoms with Gasteiger partial charge in [0, 0.05) is 13.0 Å². The first kappa shape index (κ1) is 15.3. The predicted molar refractivity (Wildman–Crippen MR) is 63.3 cm³/mol. The quantitative estimate of drug-likeness (QED) is 0.741. The monoisotopic (exact) mass is 315 g/mol. The van der Waals surface area contributed by atoms with Crippen LogP contribution in [0.15, 0.2) is 12.1 Å². The molecule has 2 aliphatic heterocycles. The molecule has 8 heteroatoms. The summed E-state index contributed by atoms with van der Waals surface area (Å²) in [6.07, 6.45) is -6.38. The molecule has 0 aliphatic carbocycles. The first-order valence-electron chi connectivity index (χ1n) is 5.81. The Kier molecular flexibility index (Phi) is 3.85. The minimum Gasteiger partial charge on any atom is -0.488 e. The van der Waals surface area contributed by atoms with Gasteiger partial charge in [-0.1, -0.05) is 0 Å². The number of benzene rings is 1. The summed E-state index contributed by atoms with van der Waals surface area (Å²) in [5.74, 6) is -1.12. The second kappa shape index (κ2) is 5.04. The molecule has 0 spiro atoms. The van der Waals surface area contributed by atoms with Crippen LogP contribution in [0, 0.1) is 5.82 Å². The summed E-state index contributed by atoms with van der Waals surface area (Å²) >= 11 is 0. The van der Waals surface area contributed by atoms with Crippen molar-refractivity contribution in [3.05, 3.63) is 29.1 Å². The lowest BCUT2D eigenvalue weighted by Crippen LogP contribution is -2.43. The number of piperidine rings is 1. The molecule has 0 aromatic heterocycles. The van der Waals surface area contributed by atoms with E-state index >= 15 is 0 Å². The summed E-state index contributed by atoms with van der Waals surface area (Å²) in [6.45, 7) is 0.0461. The molecule has 1 N–H and O–H groups in total. The van der Waals surface area contributed by atoms with Crippen molar-refractivity contribution in [1.82, 2.24) is 5.32 Å². The largest absolute Gasteiger partial charge is 0.488 e. The van der Waals surface area contributed by atoms with E-state index in [1.165, 1.54) is 0 Å². The fourth-order valence-corrected chi connectivity index (χ4v) is 2.58. The van der Waals surface area contributed by atoms with Crippen LogP contribution in [0.1, 0.15) is 23.6 Å². The van der Waals surface area contributed by atoms with Gasteiger partial charge in [0.25, 0.3) is 0 Å².